The molecular formula is C10H15N5O2. The number of piperazine rings is 1. The monoisotopic (exact) mass is 237 g/mol. The van der Waals surface area contributed by atoms with Gasteiger partial charge in [0.2, 0.25) is 5.91 Å². The molecule has 0 spiro atoms. The maximum Gasteiger partial charge on any atom is 0.252 e. The number of hydrogen-bond donors (Lipinski definition) is 3. The van der Waals surface area contributed by atoms with Crippen LogP contribution in [0.5, 0.6) is 0 Å². The fourth-order valence-electron chi connectivity index (χ4n) is 1.89. The Balaban J connectivity index is 2.27. The maximum atomic E-state index is 11.7. The normalized spacial score (nSPS) is 20.1. The molecule has 0 aliphatic carbocycles. The Labute approximate surface area is 98.2 Å². The summed E-state index contributed by atoms with van der Waals surface area (Å²) < 4.78 is 0. The summed E-state index contributed by atoms with van der Waals surface area (Å²) in [5.41, 5.74) is -0.218. The molecule has 2 heterocycles. The van der Waals surface area contributed by atoms with E-state index in [1.165, 1.54) is 12.4 Å². The molecule has 1 atom stereocenters. The van der Waals surface area contributed by atoms with Crippen molar-refractivity contribution in [1.29, 1.82) is 0 Å². The average Bonchev–Trinajstić information content (AvgIpc) is 2.38. The van der Waals surface area contributed by atoms with Crippen LogP contribution in [0.25, 0.3) is 0 Å². The zero-order chi connectivity index (χ0) is 12.3. The number of nitrogens with zero attached hydrogens (tertiary/aromatic N) is 2. The number of anilines is 1. The van der Waals surface area contributed by atoms with Gasteiger partial charge in [-0.25, -0.2) is 4.98 Å². The molecule has 92 valence electrons. The van der Waals surface area contributed by atoms with Crippen molar-refractivity contribution in [3.63, 3.8) is 0 Å². The predicted molar refractivity (Wildman–Crippen MR) is 62.9 cm³/mol. The summed E-state index contributed by atoms with van der Waals surface area (Å²) in [5, 5.41) is 5.76. The zero-order valence-corrected chi connectivity index (χ0v) is 9.56. The molecule has 1 unspecified atom stereocenters. The molecule has 7 heteroatoms. The molecule has 2 rings (SSSR count). The summed E-state index contributed by atoms with van der Waals surface area (Å²) in [6, 6.07) is 1.07. The van der Waals surface area contributed by atoms with E-state index in [1.807, 2.05) is 4.90 Å². The van der Waals surface area contributed by atoms with Crippen LogP contribution < -0.4 is 21.1 Å². The summed E-state index contributed by atoms with van der Waals surface area (Å²) in [6.45, 7) is 1.96. The highest BCUT2D eigenvalue weighted by Crippen LogP contribution is 2.12. The summed E-state index contributed by atoms with van der Waals surface area (Å²) in [5.74, 6) is 0.447. The Kier molecular flexibility index (Phi) is 3.38. The predicted octanol–water partition coefficient (Wildman–Crippen LogP) is -1.71. The average molecular weight is 237 g/mol. The highest BCUT2D eigenvalue weighted by Gasteiger charge is 2.28. The van der Waals surface area contributed by atoms with Crippen LogP contribution in [-0.2, 0) is 4.79 Å². The third-order valence-corrected chi connectivity index (χ3v) is 2.75. The number of H-pyrrole nitrogens is 1. The van der Waals surface area contributed by atoms with Crippen molar-refractivity contribution in [2.75, 3.05) is 31.6 Å². The lowest BCUT2D eigenvalue weighted by Gasteiger charge is -2.35. The van der Waals surface area contributed by atoms with E-state index in [0.29, 0.717) is 18.9 Å². The third-order valence-electron chi connectivity index (χ3n) is 2.75. The van der Waals surface area contributed by atoms with Crippen molar-refractivity contribution in [1.82, 2.24) is 20.6 Å². The highest BCUT2D eigenvalue weighted by atomic mass is 16.2. The number of aromatic amines is 1. The Bertz CT molecular complexity index is 458. The van der Waals surface area contributed by atoms with Gasteiger partial charge in [-0.15, -0.1) is 0 Å². The lowest BCUT2D eigenvalue weighted by atomic mass is 10.2. The number of carbonyl (C=O) groups excluding carboxylic acids is 1. The maximum absolute atomic E-state index is 11.7. The molecule has 1 saturated heterocycles. The van der Waals surface area contributed by atoms with Gasteiger partial charge in [0, 0.05) is 32.7 Å². The van der Waals surface area contributed by atoms with Gasteiger partial charge in [-0.3, -0.25) is 9.59 Å². The molecule has 1 amide bonds. The number of amides is 1. The molecule has 1 aliphatic heterocycles. The van der Waals surface area contributed by atoms with Crippen LogP contribution in [0.15, 0.2) is 17.2 Å². The van der Waals surface area contributed by atoms with Gasteiger partial charge < -0.3 is 20.5 Å². The minimum atomic E-state index is -0.331. The van der Waals surface area contributed by atoms with Gasteiger partial charge in [0.05, 0.1) is 6.33 Å². The molecule has 1 aliphatic rings. The van der Waals surface area contributed by atoms with E-state index in [1.54, 1.807) is 7.05 Å². The molecule has 7 nitrogen and oxygen atoms in total. The number of carbonyl (C=O) groups is 1. The summed E-state index contributed by atoms with van der Waals surface area (Å²) in [6.07, 6.45) is 1.35. The third kappa shape index (κ3) is 2.44. The van der Waals surface area contributed by atoms with E-state index in [0.717, 1.165) is 6.54 Å². The minimum Gasteiger partial charge on any atom is -0.357 e. The zero-order valence-electron chi connectivity index (χ0n) is 9.56. The fraction of sp³-hybridized carbons (Fsp3) is 0.500. The van der Waals surface area contributed by atoms with Crippen LogP contribution in [0.2, 0.25) is 0 Å². The number of aromatic nitrogens is 2. The van der Waals surface area contributed by atoms with Crippen molar-refractivity contribution in [3.8, 4) is 0 Å². The molecule has 0 bridgehead atoms. The van der Waals surface area contributed by atoms with Gasteiger partial charge in [-0.2, -0.15) is 0 Å². The van der Waals surface area contributed by atoms with E-state index >= 15 is 0 Å². The second-order valence-electron chi connectivity index (χ2n) is 3.80. The van der Waals surface area contributed by atoms with Crippen LogP contribution in [-0.4, -0.2) is 48.6 Å². The van der Waals surface area contributed by atoms with E-state index in [9.17, 15) is 9.59 Å². The molecule has 0 aromatic carbocycles. The molecule has 1 fully saturated rings. The highest BCUT2D eigenvalue weighted by molar-refractivity contribution is 5.85. The molecular weight excluding hydrogens is 222 g/mol. The lowest BCUT2D eigenvalue weighted by Crippen LogP contribution is -2.58. The van der Waals surface area contributed by atoms with E-state index in [4.69, 9.17) is 0 Å². The Morgan fingerprint density at radius 1 is 1.65 bits per heavy atom. The van der Waals surface area contributed by atoms with Gasteiger partial charge in [0.25, 0.3) is 5.56 Å². The topological polar surface area (TPSA) is 90.1 Å². The van der Waals surface area contributed by atoms with Crippen molar-refractivity contribution < 1.29 is 4.79 Å². The SMILES string of the molecule is CNC(=O)C1CNCCN1c1cc(=O)[nH]cn1. The fourth-order valence-corrected chi connectivity index (χ4v) is 1.89. The van der Waals surface area contributed by atoms with Crippen molar-refractivity contribution in [2.24, 2.45) is 0 Å². The lowest BCUT2D eigenvalue weighted by molar-refractivity contribution is -0.122. The van der Waals surface area contributed by atoms with Crippen molar-refractivity contribution in [3.05, 3.63) is 22.7 Å². The van der Waals surface area contributed by atoms with Crippen molar-refractivity contribution >= 4 is 11.7 Å². The van der Waals surface area contributed by atoms with Crippen molar-refractivity contribution in [2.45, 2.75) is 6.04 Å². The second kappa shape index (κ2) is 4.96. The first-order valence-corrected chi connectivity index (χ1v) is 5.46. The molecule has 0 saturated carbocycles. The quantitative estimate of drug-likeness (QED) is 0.570. The number of rotatable bonds is 2. The first-order valence-electron chi connectivity index (χ1n) is 5.46. The van der Waals surface area contributed by atoms with Gasteiger partial charge in [-0.05, 0) is 0 Å². The first-order chi connectivity index (χ1) is 8.22. The standard InChI is InChI=1S/C10H15N5O2/c1-11-10(17)7-5-12-2-3-15(7)8-4-9(16)14-6-13-8/h4,6-7,12H,2-3,5H2,1H3,(H,11,17)(H,13,14,16). The van der Waals surface area contributed by atoms with E-state index < -0.39 is 0 Å². The smallest absolute Gasteiger partial charge is 0.252 e. The van der Waals surface area contributed by atoms with Gasteiger partial charge >= 0.3 is 0 Å². The molecule has 3 N–H and O–H groups in total. The van der Waals surface area contributed by atoms with Gasteiger partial charge in [0.15, 0.2) is 0 Å². The van der Waals surface area contributed by atoms with E-state index in [-0.39, 0.29) is 17.5 Å². The van der Waals surface area contributed by atoms with Crippen LogP contribution in [0.4, 0.5) is 5.82 Å². The van der Waals surface area contributed by atoms with Crippen LogP contribution in [0.1, 0.15) is 0 Å². The number of hydrogen-bond acceptors (Lipinski definition) is 5. The van der Waals surface area contributed by atoms with Crippen LogP contribution >= 0.6 is 0 Å². The van der Waals surface area contributed by atoms with Gasteiger partial charge in [0.1, 0.15) is 11.9 Å². The molecule has 17 heavy (non-hydrogen) atoms. The van der Waals surface area contributed by atoms with Gasteiger partial charge in [-0.1, -0.05) is 0 Å². The Hall–Kier alpha value is -1.89. The van der Waals surface area contributed by atoms with Crippen LogP contribution in [0.3, 0.4) is 0 Å². The second-order valence-corrected chi connectivity index (χ2v) is 3.80. The number of likely N-dealkylation sites (N-methyl/N-ethyl adjacent to an activating group) is 1. The Morgan fingerprint density at radius 3 is 3.18 bits per heavy atom. The summed E-state index contributed by atoms with van der Waals surface area (Å²) in [4.78, 5) is 31.4. The molecule has 1 aromatic heterocycles. The molecule has 0 radical (unpaired) electrons. The minimum absolute atomic E-state index is 0.0840. The first kappa shape index (κ1) is 11.6. The molecule has 1 aromatic rings. The summed E-state index contributed by atoms with van der Waals surface area (Å²) >= 11 is 0. The Morgan fingerprint density at radius 2 is 2.47 bits per heavy atom. The van der Waals surface area contributed by atoms with E-state index in [2.05, 4.69) is 20.6 Å². The largest absolute Gasteiger partial charge is 0.357 e. The van der Waals surface area contributed by atoms with Crippen LogP contribution in [0, 0.1) is 0 Å². The summed E-state index contributed by atoms with van der Waals surface area (Å²) in [7, 11) is 1.60. The number of nitrogens with one attached hydrogen (secondary N) is 3.